The number of hydrogen-bond donors (Lipinski definition) is 1. The summed E-state index contributed by atoms with van der Waals surface area (Å²) in [5.41, 5.74) is 7.27. The standard InChI is InChI=1S/C13H15ClFN3O/c1-7(8-2-3-19-6-8)18-12-5-10(15)9(14)4-11(12)17-13(18)16/h4-5,7-8H,2-3,6H2,1H3,(H2,16,17). The van der Waals surface area contributed by atoms with Crippen LogP contribution in [0.2, 0.25) is 5.02 Å². The summed E-state index contributed by atoms with van der Waals surface area (Å²) in [6, 6.07) is 3.03. The number of anilines is 1. The van der Waals surface area contributed by atoms with E-state index in [2.05, 4.69) is 11.9 Å². The predicted molar refractivity (Wildman–Crippen MR) is 72.8 cm³/mol. The molecule has 1 fully saturated rings. The first-order valence-electron chi connectivity index (χ1n) is 6.28. The molecule has 0 bridgehead atoms. The average Bonchev–Trinajstić information content (AvgIpc) is 2.97. The van der Waals surface area contributed by atoms with Gasteiger partial charge in [0.15, 0.2) is 0 Å². The molecule has 1 aromatic carbocycles. The van der Waals surface area contributed by atoms with Crippen molar-refractivity contribution in [1.82, 2.24) is 9.55 Å². The zero-order valence-corrected chi connectivity index (χ0v) is 11.3. The summed E-state index contributed by atoms with van der Waals surface area (Å²) in [6.45, 7) is 3.53. The first-order chi connectivity index (χ1) is 9.08. The van der Waals surface area contributed by atoms with E-state index in [1.54, 1.807) is 0 Å². The van der Waals surface area contributed by atoms with Crippen molar-refractivity contribution in [3.05, 3.63) is 23.0 Å². The third kappa shape index (κ3) is 2.07. The number of fused-ring (bicyclic) bond motifs is 1. The van der Waals surface area contributed by atoms with Crippen LogP contribution in [0.4, 0.5) is 10.3 Å². The van der Waals surface area contributed by atoms with Crippen molar-refractivity contribution < 1.29 is 9.13 Å². The molecular formula is C13H15ClFN3O. The largest absolute Gasteiger partial charge is 0.381 e. The van der Waals surface area contributed by atoms with Gasteiger partial charge in [-0.05, 0) is 19.4 Å². The summed E-state index contributed by atoms with van der Waals surface area (Å²) in [5.74, 6) is 0.305. The Morgan fingerprint density at radius 3 is 3.05 bits per heavy atom. The lowest BCUT2D eigenvalue weighted by molar-refractivity contribution is 0.176. The summed E-state index contributed by atoms with van der Waals surface area (Å²) in [7, 11) is 0. The highest BCUT2D eigenvalue weighted by molar-refractivity contribution is 6.31. The third-order valence-electron chi connectivity index (χ3n) is 3.81. The van der Waals surface area contributed by atoms with Crippen molar-refractivity contribution in [1.29, 1.82) is 0 Å². The highest BCUT2D eigenvalue weighted by atomic mass is 35.5. The van der Waals surface area contributed by atoms with Crippen LogP contribution >= 0.6 is 11.6 Å². The van der Waals surface area contributed by atoms with E-state index in [9.17, 15) is 4.39 Å². The summed E-state index contributed by atoms with van der Waals surface area (Å²) in [4.78, 5) is 4.26. The molecule has 0 radical (unpaired) electrons. The van der Waals surface area contributed by atoms with Crippen molar-refractivity contribution in [3.63, 3.8) is 0 Å². The van der Waals surface area contributed by atoms with Crippen LogP contribution in [0.15, 0.2) is 12.1 Å². The van der Waals surface area contributed by atoms with E-state index in [0.717, 1.165) is 13.0 Å². The molecule has 2 N–H and O–H groups in total. The molecule has 4 nitrogen and oxygen atoms in total. The highest BCUT2D eigenvalue weighted by Crippen LogP contribution is 2.33. The summed E-state index contributed by atoms with van der Waals surface area (Å²) >= 11 is 5.77. The number of nitrogens with two attached hydrogens (primary N) is 1. The van der Waals surface area contributed by atoms with Crippen molar-refractivity contribution in [3.8, 4) is 0 Å². The van der Waals surface area contributed by atoms with E-state index < -0.39 is 5.82 Å². The number of imidazole rings is 1. The lowest BCUT2D eigenvalue weighted by Gasteiger charge is -2.21. The summed E-state index contributed by atoms with van der Waals surface area (Å²) in [6.07, 6.45) is 0.982. The Labute approximate surface area is 115 Å². The van der Waals surface area contributed by atoms with Crippen LogP contribution in [0.1, 0.15) is 19.4 Å². The molecule has 1 aliphatic heterocycles. The Morgan fingerprint density at radius 2 is 2.37 bits per heavy atom. The highest BCUT2D eigenvalue weighted by Gasteiger charge is 2.26. The molecule has 0 amide bonds. The normalized spacial score (nSPS) is 21.1. The van der Waals surface area contributed by atoms with Gasteiger partial charge in [-0.3, -0.25) is 0 Å². The fourth-order valence-electron chi connectivity index (χ4n) is 2.68. The van der Waals surface area contributed by atoms with Gasteiger partial charge in [-0.25, -0.2) is 9.37 Å². The number of rotatable bonds is 2. The van der Waals surface area contributed by atoms with Crippen molar-refractivity contribution in [2.75, 3.05) is 18.9 Å². The molecule has 1 aromatic heterocycles. The summed E-state index contributed by atoms with van der Waals surface area (Å²) in [5, 5.41) is 0.0639. The number of nitrogen functional groups attached to an aromatic ring is 1. The van der Waals surface area contributed by atoms with E-state index in [0.29, 0.717) is 29.5 Å². The molecule has 0 spiro atoms. The van der Waals surface area contributed by atoms with E-state index >= 15 is 0 Å². The summed E-state index contributed by atoms with van der Waals surface area (Å²) < 4.78 is 20.9. The second kappa shape index (κ2) is 4.65. The van der Waals surface area contributed by atoms with Gasteiger partial charge in [-0.1, -0.05) is 11.6 Å². The smallest absolute Gasteiger partial charge is 0.201 e. The van der Waals surface area contributed by atoms with Gasteiger partial charge in [0.05, 0.1) is 22.7 Å². The van der Waals surface area contributed by atoms with Crippen LogP contribution in [-0.4, -0.2) is 22.8 Å². The number of hydrogen-bond acceptors (Lipinski definition) is 3. The maximum Gasteiger partial charge on any atom is 0.201 e. The van der Waals surface area contributed by atoms with Crippen LogP contribution in [-0.2, 0) is 4.74 Å². The molecular weight excluding hydrogens is 269 g/mol. The van der Waals surface area contributed by atoms with Crippen LogP contribution in [0.3, 0.4) is 0 Å². The average molecular weight is 284 g/mol. The second-order valence-corrected chi connectivity index (χ2v) is 5.37. The van der Waals surface area contributed by atoms with Crippen molar-refractivity contribution in [2.24, 2.45) is 5.92 Å². The number of aromatic nitrogens is 2. The van der Waals surface area contributed by atoms with Crippen molar-refractivity contribution in [2.45, 2.75) is 19.4 Å². The molecule has 102 valence electrons. The molecule has 2 unspecified atom stereocenters. The quantitative estimate of drug-likeness (QED) is 0.922. The minimum absolute atomic E-state index is 0.0639. The number of benzene rings is 1. The first kappa shape index (κ1) is 12.7. The van der Waals surface area contributed by atoms with E-state index in [-0.39, 0.29) is 11.1 Å². The van der Waals surface area contributed by atoms with Crippen LogP contribution in [0.5, 0.6) is 0 Å². The van der Waals surface area contributed by atoms with E-state index in [1.165, 1.54) is 12.1 Å². The van der Waals surface area contributed by atoms with Crippen LogP contribution < -0.4 is 5.73 Å². The lowest BCUT2D eigenvalue weighted by atomic mass is 10.0. The Bertz CT molecular complexity index is 622. The molecule has 6 heteroatoms. The maximum atomic E-state index is 13.6. The molecule has 19 heavy (non-hydrogen) atoms. The Morgan fingerprint density at radius 1 is 1.58 bits per heavy atom. The Balaban J connectivity index is 2.11. The van der Waals surface area contributed by atoms with Gasteiger partial charge in [0.1, 0.15) is 5.82 Å². The zero-order valence-electron chi connectivity index (χ0n) is 10.6. The minimum atomic E-state index is -0.454. The Kier molecular flexibility index (Phi) is 3.11. The fraction of sp³-hybridized carbons (Fsp3) is 0.462. The van der Waals surface area contributed by atoms with E-state index in [1.807, 2.05) is 4.57 Å². The molecule has 2 aromatic rings. The zero-order chi connectivity index (χ0) is 13.6. The van der Waals surface area contributed by atoms with Crippen LogP contribution in [0, 0.1) is 11.7 Å². The molecule has 2 atom stereocenters. The Hall–Kier alpha value is -1.33. The topological polar surface area (TPSA) is 53.1 Å². The molecule has 0 saturated carbocycles. The SMILES string of the molecule is CC(C1CCOC1)n1c(N)nc2cc(Cl)c(F)cc21. The number of nitrogens with zero attached hydrogens (tertiary/aromatic N) is 2. The minimum Gasteiger partial charge on any atom is -0.381 e. The van der Waals surface area contributed by atoms with Crippen LogP contribution in [0.25, 0.3) is 11.0 Å². The van der Waals surface area contributed by atoms with Crippen molar-refractivity contribution >= 4 is 28.6 Å². The van der Waals surface area contributed by atoms with E-state index in [4.69, 9.17) is 22.1 Å². The van der Waals surface area contributed by atoms with Gasteiger partial charge >= 0.3 is 0 Å². The fourth-order valence-corrected chi connectivity index (χ4v) is 2.84. The first-order valence-corrected chi connectivity index (χ1v) is 6.66. The number of ether oxygens (including phenoxy) is 1. The molecule has 2 heterocycles. The molecule has 1 aliphatic rings. The number of halogens is 2. The van der Waals surface area contributed by atoms with Gasteiger partial charge < -0.3 is 15.0 Å². The lowest BCUT2D eigenvalue weighted by Crippen LogP contribution is -2.18. The second-order valence-electron chi connectivity index (χ2n) is 4.96. The predicted octanol–water partition coefficient (Wildman–Crippen LogP) is 3.01. The molecule has 0 aliphatic carbocycles. The monoisotopic (exact) mass is 283 g/mol. The van der Waals surface area contributed by atoms with Gasteiger partial charge in [-0.15, -0.1) is 0 Å². The van der Waals surface area contributed by atoms with Gasteiger partial charge in [0.25, 0.3) is 0 Å². The van der Waals surface area contributed by atoms with Gasteiger partial charge in [0, 0.05) is 24.6 Å². The van der Waals surface area contributed by atoms with Gasteiger partial charge in [-0.2, -0.15) is 0 Å². The molecule has 1 saturated heterocycles. The van der Waals surface area contributed by atoms with Gasteiger partial charge in [0.2, 0.25) is 5.95 Å². The third-order valence-corrected chi connectivity index (χ3v) is 4.10. The maximum absolute atomic E-state index is 13.6. The molecule has 3 rings (SSSR count).